The minimum Gasteiger partial charge on any atom is -0.496 e. The van der Waals surface area contributed by atoms with Gasteiger partial charge in [0.15, 0.2) is 0 Å². The van der Waals surface area contributed by atoms with E-state index in [0.717, 1.165) is 25.3 Å². The molecule has 6 nitrogen and oxygen atoms in total. The lowest BCUT2D eigenvalue weighted by atomic mass is 10.2. The summed E-state index contributed by atoms with van der Waals surface area (Å²) in [7, 11) is 0. The quantitative estimate of drug-likeness (QED) is 0.523. The molecule has 172 valence electrons. The molecular weight excluding hydrogens is 442 g/mol. The van der Waals surface area contributed by atoms with Gasteiger partial charge in [-0.25, -0.2) is 0 Å². The minimum absolute atomic E-state index is 0.113. The molecule has 2 aromatic rings. The summed E-state index contributed by atoms with van der Waals surface area (Å²) < 4.78 is 5.45. The fourth-order valence-corrected chi connectivity index (χ4v) is 4.90. The second-order valence-corrected chi connectivity index (χ2v) is 9.81. The predicted molar refractivity (Wildman–Crippen MR) is 133 cm³/mol. The first-order chi connectivity index (χ1) is 15.5. The van der Waals surface area contributed by atoms with Crippen molar-refractivity contribution in [3.63, 3.8) is 0 Å². The summed E-state index contributed by atoms with van der Waals surface area (Å²) in [5.74, 6) is 1.12. The number of hydrogen-bond acceptors (Lipinski definition) is 6. The van der Waals surface area contributed by atoms with Gasteiger partial charge in [-0.2, -0.15) is 0 Å². The molecule has 1 aromatic carbocycles. The number of benzene rings is 1. The van der Waals surface area contributed by atoms with E-state index in [0.29, 0.717) is 41.1 Å². The van der Waals surface area contributed by atoms with Gasteiger partial charge in [-0.15, -0.1) is 23.1 Å². The van der Waals surface area contributed by atoms with Gasteiger partial charge in [-0.1, -0.05) is 13.0 Å². The standard InChI is InChI=1S/C24H31N3O3S2/c1-4-17(2)27(16-21-6-5-14-31-21)12-11-25-23(28)19-7-9-20(10-8-19)26-24(29)22-18(3)30-13-15-32-22/h5-10,14,17H,4,11-13,15-16H2,1-3H3,(H,25,28)(H,26,29)/t17-/m1/s1. The molecule has 2 amide bonds. The monoisotopic (exact) mass is 473 g/mol. The van der Waals surface area contributed by atoms with Crippen LogP contribution in [0.5, 0.6) is 0 Å². The van der Waals surface area contributed by atoms with Crippen molar-refractivity contribution >= 4 is 40.6 Å². The highest BCUT2D eigenvalue weighted by Gasteiger charge is 2.19. The van der Waals surface area contributed by atoms with Crippen molar-refractivity contribution in [3.8, 4) is 0 Å². The molecule has 0 saturated heterocycles. The van der Waals surface area contributed by atoms with Gasteiger partial charge < -0.3 is 15.4 Å². The largest absolute Gasteiger partial charge is 0.496 e. The summed E-state index contributed by atoms with van der Waals surface area (Å²) in [6.07, 6.45) is 1.06. The zero-order valence-corrected chi connectivity index (χ0v) is 20.5. The molecular formula is C24H31N3O3S2. The van der Waals surface area contributed by atoms with Crippen LogP contribution in [0.15, 0.2) is 52.4 Å². The predicted octanol–water partition coefficient (Wildman–Crippen LogP) is 4.71. The van der Waals surface area contributed by atoms with E-state index in [-0.39, 0.29) is 11.8 Å². The van der Waals surface area contributed by atoms with Crippen LogP contribution in [0.1, 0.15) is 42.4 Å². The summed E-state index contributed by atoms with van der Waals surface area (Å²) in [6, 6.07) is 11.6. The van der Waals surface area contributed by atoms with Crippen molar-refractivity contribution in [3.05, 3.63) is 62.9 Å². The van der Waals surface area contributed by atoms with Crippen molar-refractivity contribution < 1.29 is 14.3 Å². The number of rotatable bonds is 10. The molecule has 0 bridgehead atoms. The number of carbonyl (C=O) groups is 2. The number of thiophene rings is 1. The molecule has 1 aromatic heterocycles. The molecule has 1 aliphatic rings. The highest BCUT2D eigenvalue weighted by molar-refractivity contribution is 8.04. The first kappa shape index (κ1) is 24.4. The topological polar surface area (TPSA) is 70.7 Å². The number of anilines is 1. The molecule has 0 radical (unpaired) electrons. The van der Waals surface area contributed by atoms with E-state index in [1.54, 1.807) is 42.5 Å². The summed E-state index contributed by atoms with van der Waals surface area (Å²) >= 11 is 3.26. The van der Waals surface area contributed by atoms with Crippen molar-refractivity contribution in [2.24, 2.45) is 0 Å². The Labute approximate surface area is 198 Å². The Kier molecular flexibility index (Phi) is 9.20. The van der Waals surface area contributed by atoms with Crippen LogP contribution >= 0.6 is 23.1 Å². The molecule has 0 fully saturated rings. The number of amides is 2. The second kappa shape index (κ2) is 12.1. The Morgan fingerprint density at radius 2 is 1.97 bits per heavy atom. The summed E-state index contributed by atoms with van der Waals surface area (Å²) in [5, 5.41) is 7.98. The van der Waals surface area contributed by atoms with Gasteiger partial charge in [0, 0.05) is 47.6 Å². The highest BCUT2D eigenvalue weighted by Crippen LogP contribution is 2.26. The fraction of sp³-hybridized carbons (Fsp3) is 0.417. The van der Waals surface area contributed by atoms with E-state index in [2.05, 4.69) is 46.9 Å². The third-order valence-electron chi connectivity index (χ3n) is 5.42. The van der Waals surface area contributed by atoms with Crippen LogP contribution in [0.4, 0.5) is 5.69 Å². The summed E-state index contributed by atoms with van der Waals surface area (Å²) in [6.45, 7) is 9.10. The third-order valence-corrected chi connectivity index (χ3v) is 7.41. The Hall–Kier alpha value is -2.29. The van der Waals surface area contributed by atoms with Gasteiger partial charge in [-0.05, 0) is 56.0 Å². The summed E-state index contributed by atoms with van der Waals surface area (Å²) in [5.41, 5.74) is 1.22. The number of ether oxygens (including phenoxy) is 1. The molecule has 3 rings (SSSR count). The molecule has 0 saturated carbocycles. The van der Waals surface area contributed by atoms with Gasteiger partial charge >= 0.3 is 0 Å². The average molecular weight is 474 g/mol. The minimum atomic E-state index is -0.180. The van der Waals surface area contributed by atoms with Crippen LogP contribution in [0.2, 0.25) is 0 Å². The van der Waals surface area contributed by atoms with Crippen LogP contribution in [0, 0.1) is 0 Å². The van der Waals surface area contributed by atoms with Crippen LogP contribution in [0.25, 0.3) is 0 Å². The van der Waals surface area contributed by atoms with Crippen molar-refractivity contribution in [2.75, 3.05) is 30.8 Å². The number of thioether (sulfide) groups is 1. The van der Waals surface area contributed by atoms with E-state index in [1.165, 1.54) is 16.6 Å². The SMILES string of the molecule is CC[C@@H](C)N(CCNC(=O)c1ccc(NC(=O)C2=C(C)OCCS2)cc1)Cc1cccs1. The highest BCUT2D eigenvalue weighted by atomic mass is 32.2. The van der Waals surface area contributed by atoms with Crippen LogP contribution in [-0.2, 0) is 16.1 Å². The first-order valence-corrected chi connectivity index (χ1v) is 12.8. The first-order valence-electron chi connectivity index (χ1n) is 10.9. The van der Waals surface area contributed by atoms with Crippen LogP contribution < -0.4 is 10.6 Å². The van der Waals surface area contributed by atoms with Crippen molar-refractivity contribution in [1.29, 1.82) is 0 Å². The molecule has 8 heteroatoms. The van der Waals surface area contributed by atoms with Crippen LogP contribution in [0.3, 0.4) is 0 Å². The molecule has 2 heterocycles. The normalized spacial score (nSPS) is 14.8. The summed E-state index contributed by atoms with van der Waals surface area (Å²) in [4.78, 5) is 29.3. The zero-order valence-electron chi connectivity index (χ0n) is 18.8. The maximum absolute atomic E-state index is 12.6. The van der Waals surface area contributed by atoms with E-state index >= 15 is 0 Å². The Bertz CT molecular complexity index is 926. The Morgan fingerprint density at radius 3 is 2.62 bits per heavy atom. The van der Waals surface area contributed by atoms with Gasteiger partial charge in [0.25, 0.3) is 11.8 Å². The van der Waals surface area contributed by atoms with Gasteiger partial charge in [0.1, 0.15) is 10.7 Å². The lowest BCUT2D eigenvalue weighted by Crippen LogP contribution is -2.39. The van der Waals surface area contributed by atoms with E-state index in [9.17, 15) is 9.59 Å². The maximum Gasteiger partial charge on any atom is 0.265 e. The smallest absolute Gasteiger partial charge is 0.265 e. The molecule has 0 spiro atoms. The number of nitrogens with one attached hydrogen (secondary N) is 2. The lowest BCUT2D eigenvalue weighted by Gasteiger charge is -2.28. The zero-order chi connectivity index (χ0) is 22.9. The van der Waals surface area contributed by atoms with Crippen molar-refractivity contribution in [2.45, 2.75) is 39.8 Å². The second-order valence-electron chi connectivity index (χ2n) is 7.68. The van der Waals surface area contributed by atoms with E-state index in [1.807, 2.05) is 0 Å². The number of allylic oxidation sites excluding steroid dienone is 1. The molecule has 1 aliphatic heterocycles. The van der Waals surface area contributed by atoms with E-state index in [4.69, 9.17) is 4.74 Å². The van der Waals surface area contributed by atoms with Crippen molar-refractivity contribution in [1.82, 2.24) is 10.2 Å². The van der Waals surface area contributed by atoms with Crippen LogP contribution in [-0.4, -0.2) is 48.2 Å². The number of carbonyl (C=O) groups excluding carboxylic acids is 2. The average Bonchev–Trinajstić information content (AvgIpc) is 3.31. The molecule has 2 N–H and O–H groups in total. The molecule has 0 aliphatic carbocycles. The van der Waals surface area contributed by atoms with Gasteiger partial charge in [0.2, 0.25) is 0 Å². The maximum atomic E-state index is 12.6. The lowest BCUT2D eigenvalue weighted by molar-refractivity contribution is -0.112. The Balaban J connectivity index is 1.50. The van der Waals surface area contributed by atoms with Gasteiger partial charge in [-0.3, -0.25) is 14.5 Å². The number of nitrogens with zero attached hydrogens (tertiary/aromatic N) is 1. The molecule has 0 unspecified atom stereocenters. The Morgan fingerprint density at radius 1 is 1.19 bits per heavy atom. The molecule has 1 atom stereocenters. The third kappa shape index (κ3) is 6.85. The fourth-order valence-electron chi connectivity index (χ4n) is 3.36. The van der Waals surface area contributed by atoms with Gasteiger partial charge in [0.05, 0.1) is 6.61 Å². The number of hydrogen-bond donors (Lipinski definition) is 2. The molecule has 32 heavy (non-hydrogen) atoms. The van der Waals surface area contributed by atoms with E-state index < -0.39 is 0 Å².